The average molecular weight is 181 g/mol. The second kappa shape index (κ2) is 5.81. The number of aliphatic hydroxyl groups is 2. The molecule has 0 spiro atoms. The topological polar surface area (TPSA) is 40.5 Å². The summed E-state index contributed by atoms with van der Waals surface area (Å²) in [6, 6.07) is 0. The molecule has 0 aromatic rings. The molecule has 3 heteroatoms. The first-order valence-corrected chi connectivity index (χ1v) is 4.51. The van der Waals surface area contributed by atoms with Crippen molar-refractivity contribution in [2.75, 3.05) is 12.5 Å². The third-order valence-electron chi connectivity index (χ3n) is 1.97. The van der Waals surface area contributed by atoms with Crippen molar-refractivity contribution >= 4 is 11.6 Å². The van der Waals surface area contributed by atoms with Gasteiger partial charge < -0.3 is 10.2 Å². The maximum Gasteiger partial charge on any atom is 0.0604 e. The van der Waals surface area contributed by atoms with E-state index in [1.165, 1.54) is 0 Å². The van der Waals surface area contributed by atoms with Gasteiger partial charge in [0, 0.05) is 18.4 Å². The SMILES string of the molecule is CC(C)C(CO)C(O)CCCl. The molecule has 0 rings (SSSR count). The molecule has 0 bridgehead atoms. The van der Waals surface area contributed by atoms with Crippen molar-refractivity contribution in [2.24, 2.45) is 11.8 Å². The lowest BCUT2D eigenvalue weighted by Gasteiger charge is -2.23. The highest BCUT2D eigenvalue weighted by molar-refractivity contribution is 6.17. The smallest absolute Gasteiger partial charge is 0.0604 e. The van der Waals surface area contributed by atoms with Gasteiger partial charge in [-0.2, -0.15) is 0 Å². The summed E-state index contributed by atoms with van der Waals surface area (Å²) in [5.74, 6) is 0.719. The number of hydrogen-bond donors (Lipinski definition) is 2. The van der Waals surface area contributed by atoms with Gasteiger partial charge in [0.05, 0.1) is 6.10 Å². The van der Waals surface area contributed by atoms with E-state index in [4.69, 9.17) is 16.7 Å². The second-order valence-electron chi connectivity index (χ2n) is 3.14. The van der Waals surface area contributed by atoms with E-state index in [0.29, 0.717) is 18.2 Å². The van der Waals surface area contributed by atoms with Gasteiger partial charge in [-0.15, -0.1) is 11.6 Å². The molecule has 0 saturated heterocycles. The van der Waals surface area contributed by atoms with Gasteiger partial charge in [-0.3, -0.25) is 0 Å². The first kappa shape index (κ1) is 11.2. The van der Waals surface area contributed by atoms with E-state index in [1.54, 1.807) is 0 Å². The van der Waals surface area contributed by atoms with E-state index < -0.39 is 6.10 Å². The van der Waals surface area contributed by atoms with Crippen LogP contribution in [0.4, 0.5) is 0 Å². The van der Waals surface area contributed by atoms with Gasteiger partial charge in [-0.1, -0.05) is 13.8 Å². The zero-order valence-corrected chi connectivity index (χ0v) is 7.88. The molecular weight excluding hydrogens is 164 g/mol. The van der Waals surface area contributed by atoms with Gasteiger partial charge in [0.2, 0.25) is 0 Å². The number of alkyl halides is 1. The Morgan fingerprint density at radius 3 is 2.18 bits per heavy atom. The Labute approximate surface area is 73.2 Å². The highest BCUT2D eigenvalue weighted by Crippen LogP contribution is 2.17. The van der Waals surface area contributed by atoms with Crippen molar-refractivity contribution in [3.05, 3.63) is 0 Å². The molecule has 0 aliphatic carbocycles. The van der Waals surface area contributed by atoms with Crippen LogP contribution < -0.4 is 0 Å². The number of aliphatic hydroxyl groups excluding tert-OH is 2. The normalized spacial score (nSPS) is 16.9. The molecule has 2 unspecified atom stereocenters. The molecule has 68 valence electrons. The Kier molecular flexibility index (Phi) is 5.92. The van der Waals surface area contributed by atoms with Crippen LogP contribution in [0.5, 0.6) is 0 Å². The van der Waals surface area contributed by atoms with E-state index in [9.17, 15) is 5.11 Å². The molecule has 0 fully saturated rings. The summed E-state index contributed by atoms with van der Waals surface area (Å²) in [5.41, 5.74) is 0. The summed E-state index contributed by atoms with van der Waals surface area (Å²) < 4.78 is 0. The first-order valence-electron chi connectivity index (χ1n) is 3.98. The molecule has 2 nitrogen and oxygen atoms in total. The quantitative estimate of drug-likeness (QED) is 0.626. The number of hydrogen-bond acceptors (Lipinski definition) is 2. The fourth-order valence-electron chi connectivity index (χ4n) is 1.10. The predicted octanol–water partition coefficient (Wildman–Crippen LogP) is 1.24. The van der Waals surface area contributed by atoms with Crippen LogP contribution in [0.15, 0.2) is 0 Å². The maximum atomic E-state index is 9.43. The summed E-state index contributed by atoms with van der Waals surface area (Å²) in [7, 11) is 0. The minimum Gasteiger partial charge on any atom is -0.396 e. The van der Waals surface area contributed by atoms with Gasteiger partial charge >= 0.3 is 0 Å². The Balaban J connectivity index is 3.81. The summed E-state index contributed by atoms with van der Waals surface area (Å²) in [6.07, 6.45) is 0.0998. The first-order chi connectivity index (χ1) is 5.13. The van der Waals surface area contributed by atoms with Crippen molar-refractivity contribution in [3.8, 4) is 0 Å². The molecule has 2 atom stereocenters. The second-order valence-corrected chi connectivity index (χ2v) is 3.51. The lowest BCUT2D eigenvalue weighted by Crippen LogP contribution is -2.28. The van der Waals surface area contributed by atoms with Crippen LogP contribution >= 0.6 is 11.6 Å². The molecule has 0 amide bonds. The minimum atomic E-state index is -0.461. The Morgan fingerprint density at radius 2 is 1.91 bits per heavy atom. The van der Waals surface area contributed by atoms with E-state index >= 15 is 0 Å². The summed E-state index contributed by atoms with van der Waals surface area (Å²) in [5, 5.41) is 18.3. The van der Waals surface area contributed by atoms with Crippen LogP contribution in [-0.4, -0.2) is 28.8 Å². The highest BCUT2D eigenvalue weighted by atomic mass is 35.5. The Morgan fingerprint density at radius 1 is 1.36 bits per heavy atom. The monoisotopic (exact) mass is 180 g/mol. The third kappa shape index (κ3) is 3.94. The predicted molar refractivity (Wildman–Crippen MR) is 46.8 cm³/mol. The fraction of sp³-hybridized carbons (Fsp3) is 1.00. The van der Waals surface area contributed by atoms with Crippen LogP contribution in [0.3, 0.4) is 0 Å². The standard InChI is InChI=1S/C8H17ClO2/c1-6(2)7(5-10)8(11)3-4-9/h6-8,10-11H,3-5H2,1-2H3. The zero-order chi connectivity index (χ0) is 8.85. The third-order valence-corrected chi connectivity index (χ3v) is 2.18. The molecule has 0 aromatic heterocycles. The van der Waals surface area contributed by atoms with Gasteiger partial charge in [0.15, 0.2) is 0 Å². The van der Waals surface area contributed by atoms with Gasteiger partial charge in [-0.05, 0) is 12.3 Å². The van der Waals surface area contributed by atoms with E-state index in [2.05, 4.69) is 0 Å². The van der Waals surface area contributed by atoms with Crippen LogP contribution in [0.2, 0.25) is 0 Å². The number of rotatable bonds is 5. The lowest BCUT2D eigenvalue weighted by atomic mass is 9.90. The van der Waals surface area contributed by atoms with Gasteiger partial charge in [-0.25, -0.2) is 0 Å². The van der Waals surface area contributed by atoms with Crippen molar-refractivity contribution < 1.29 is 10.2 Å². The Hall–Kier alpha value is 0.210. The maximum absolute atomic E-state index is 9.43. The summed E-state index contributed by atoms with van der Waals surface area (Å²) in [4.78, 5) is 0. The zero-order valence-electron chi connectivity index (χ0n) is 7.13. The van der Waals surface area contributed by atoms with Gasteiger partial charge in [0.1, 0.15) is 0 Å². The average Bonchev–Trinajstić information content (AvgIpc) is 1.88. The molecule has 11 heavy (non-hydrogen) atoms. The van der Waals surface area contributed by atoms with Gasteiger partial charge in [0.25, 0.3) is 0 Å². The van der Waals surface area contributed by atoms with E-state index in [1.807, 2.05) is 13.8 Å². The van der Waals surface area contributed by atoms with Crippen molar-refractivity contribution in [2.45, 2.75) is 26.4 Å². The molecule has 0 aromatic carbocycles. The summed E-state index contributed by atoms with van der Waals surface area (Å²) >= 11 is 5.46. The molecule has 0 aliphatic heterocycles. The molecule has 0 saturated carbocycles. The van der Waals surface area contributed by atoms with Crippen molar-refractivity contribution in [1.29, 1.82) is 0 Å². The molecule has 2 N–H and O–H groups in total. The van der Waals surface area contributed by atoms with Crippen LogP contribution in [-0.2, 0) is 0 Å². The van der Waals surface area contributed by atoms with Crippen molar-refractivity contribution in [3.63, 3.8) is 0 Å². The van der Waals surface area contributed by atoms with Crippen LogP contribution in [0.25, 0.3) is 0 Å². The molecule has 0 heterocycles. The Bertz CT molecular complexity index is 96.1. The molecule has 0 aliphatic rings. The lowest BCUT2D eigenvalue weighted by molar-refractivity contribution is 0.0399. The highest BCUT2D eigenvalue weighted by Gasteiger charge is 2.20. The fourth-order valence-corrected chi connectivity index (χ4v) is 1.33. The van der Waals surface area contributed by atoms with Crippen LogP contribution in [0, 0.1) is 11.8 Å². The largest absolute Gasteiger partial charge is 0.396 e. The minimum absolute atomic E-state index is 0.0336. The number of halogens is 1. The molecular formula is C8H17ClO2. The van der Waals surface area contributed by atoms with Crippen molar-refractivity contribution in [1.82, 2.24) is 0 Å². The molecule has 0 radical (unpaired) electrons. The van der Waals surface area contributed by atoms with E-state index in [0.717, 1.165) is 0 Å². The van der Waals surface area contributed by atoms with Crippen LogP contribution in [0.1, 0.15) is 20.3 Å². The van der Waals surface area contributed by atoms with E-state index in [-0.39, 0.29) is 12.5 Å². The summed E-state index contributed by atoms with van der Waals surface area (Å²) in [6.45, 7) is 4.01.